The normalized spacial score (nSPS) is 21.2. The van der Waals surface area contributed by atoms with E-state index in [1.54, 1.807) is 18.5 Å². The lowest BCUT2D eigenvalue weighted by Gasteiger charge is -2.24. The van der Waals surface area contributed by atoms with Gasteiger partial charge < -0.3 is 10.2 Å². The van der Waals surface area contributed by atoms with Crippen molar-refractivity contribution in [2.75, 3.05) is 33.2 Å². The Kier molecular flexibility index (Phi) is 14.2. The van der Waals surface area contributed by atoms with Gasteiger partial charge >= 0.3 is 0 Å². The standard InChI is InChI=1S/C16H15FN2.C11H17N.C6H13N.C3H8/c1-16(10-18-11-19-16)13-8-6-12(7-9-13)14-4-2-3-5-15(14)17;1-5-6-10-7-12-11(8(2)3)9(10)4;1-6-3-4-7(2)5-6;1-3-2/h2-9,11H,10H2,1H3,(H,18,19);5,8H,1,6-7H2,2-4H3;6H,3-5H2,1-2H3;3H2,1-2H3. The highest BCUT2D eigenvalue weighted by Crippen LogP contribution is 2.28. The first-order chi connectivity index (χ1) is 19.6. The SMILES string of the molecule is C=CCC1=C(C)C(C(C)C)=NC1.CC1(c2ccc(-c3ccccc3F)cc2)CN=CN1.CC1CCN(C)C1.CCC. The Morgan fingerprint density at radius 2 is 1.80 bits per heavy atom. The van der Waals surface area contributed by atoms with Gasteiger partial charge in [-0.2, -0.15) is 0 Å². The van der Waals surface area contributed by atoms with Gasteiger partial charge in [0.2, 0.25) is 0 Å². The van der Waals surface area contributed by atoms with Crippen LogP contribution < -0.4 is 5.32 Å². The van der Waals surface area contributed by atoms with E-state index in [4.69, 9.17) is 0 Å². The Balaban J connectivity index is 0.000000228. The van der Waals surface area contributed by atoms with E-state index in [2.05, 4.69) is 82.3 Å². The minimum absolute atomic E-state index is 0.145. The lowest BCUT2D eigenvalue weighted by molar-refractivity contribution is 0.402. The zero-order chi connectivity index (χ0) is 30.4. The third-order valence-corrected chi connectivity index (χ3v) is 7.51. The van der Waals surface area contributed by atoms with Crippen LogP contribution in [0, 0.1) is 17.7 Å². The number of nitrogens with zero attached hydrogens (tertiary/aromatic N) is 3. The van der Waals surface area contributed by atoms with Crippen LogP contribution in [-0.4, -0.2) is 50.2 Å². The molecule has 0 spiro atoms. The third-order valence-electron chi connectivity index (χ3n) is 7.51. The molecule has 3 aliphatic heterocycles. The van der Waals surface area contributed by atoms with E-state index in [0.717, 1.165) is 36.6 Å². The van der Waals surface area contributed by atoms with Crippen molar-refractivity contribution in [1.29, 1.82) is 0 Å². The highest BCUT2D eigenvalue weighted by atomic mass is 19.1. The first-order valence-corrected chi connectivity index (χ1v) is 15.2. The van der Waals surface area contributed by atoms with Crippen LogP contribution in [0.3, 0.4) is 0 Å². The van der Waals surface area contributed by atoms with Crippen molar-refractivity contribution >= 4 is 12.1 Å². The second-order valence-electron chi connectivity index (χ2n) is 11.9. The first-order valence-electron chi connectivity index (χ1n) is 15.2. The van der Waals surface area contributed by atoms with Gasteiger partial charge in [-0.05, 0) is 80.5 Å². The van der Waals surface area contributed by atoms with Crippen LogP contribution in [0.2, 0.25) is 0 Å². The van der Waals surface area contributed by atoms with E-state index in [-0.39, 0.29) is 11.4 Å². The van der Waals surface area contributed by atoms with E-state index in [0.29, 0.717) is 11.5 Å². The number of allylic oxidation sites excluding steroid dienone is 2. The second kappa shape index (κ2) is 17.0. The molecular formula is C36H53FN4. The van der Waals surface area contributed by atoms with E-state index >= 15 is 0 Å². The lowest BCUT2D eigenvalue weighted by Crippen LogP contribution is -2.36. The molecule has 0 aromatic heterocycles. The molecule has 5 rings (SSSR count). The minimum atomic E-state index is -0.191. The fourth-order valence-electron chi connectivity index (χ4n) is 5.11. The molecule has 1 saturated heterocycles. The highest BCUT2D eigenvalue weighted by Gasteiger charge is 2.27. The number of nitrogens with one attached hydrogen (secondary N) is 1. The quantitative estimate of drug-likeness (QED) is 0.372. The molecule has 2 unspecified atom stereocenters. The van der Waals surface area contributed by atoms with Crippen molar-refractivity contribution < 1.29 is 4.39 Å². The first kappa shape index (κ1) is 34.2. The molecule has 1 fully saturated rings. The van der Waals surface area contributed by atoms with E-state index in [9.17, 15) is 4.39 Å². The van der Waals surface area contributed by atoms with Crippen molar-refractivity contribution in [3.05, 3.63) is 83.7 Å². The fourth-order valence-corrected chi connectivity index (χ4v) is 5.11. The zero-order valence-corrected chi connectivity index (χ0v) is 26.8. The van der Waals surface area contributed by atoms with Gasteiger partial charge in [0.15, 0.2) is 0 Å². The molecule has 2 aromatic rings. The second-order valence-corrected chi connectivity index (χ2v) is 11.9. The Labute approximate surface area is 249 Å². The average molecular weight is 561 g/mol. The summed E-state index contributed by atoms with van der Waals surface area (Å²) in [5, 5.41) is 3.25. The number of hydrogen-bond donors (Lipinski definition) is 1. The molecule has 4 nitrogen and oxygen atoms in total. The number of hydrogen-bond acceptors (Lipinski definition) is 4. The lowest BCUT2D eigenvalue weighted by atomic mass is 9.91. The molecule has 0 amide bonds. The molecule has 2 atom stereocenters. The summed E-state index contributed by atoms with van der Waals surface area (Å²) in [6.07, 6.45) is 7.34. The predicted molar refractivity (Wildman–Crippen MR) is 178 cm³/mol. The summed E-state index contributed by atoms with van der Waals surface area (Å²) >= 11 is 0. The topological polar surface area (TPSA) is 40.0 Å². The van der Waals surface area contributed by atoms with Crippen LogP contribution in [0.25, 0.3) is 11.1 Å². The Morgan fingerprint density at radius 1 is 1.15 bits per heavy atom. The van der Waals surface area contributed by atoms with Gasteiger partial charge in [0.25, 0.3) is 0 Å². The van der Waals surface area contributed by atoms with Crippen molar-refractivity contribution in [3.63, 3.8) is 0 Å². The summed E-state index contributed by atoms with van der Waals surface area (Å²) in [5.74, 6) is 1.32. The summed E-state index contributed by atoms with van der Waals surface area (Å²) in [6.45, 7) is 23.2. The molecule has 0 saturated carbocycles. The molecule has 0 radical (unpaired) electrons. The average Bonchev–Trinajstić information content (AvgIpc) is 3.66. The summed E-state index contributed by atoms with van der Waals surface area (Å²) in [7, 11) is 2.18. The molecule has 3 heterocycles. The van der Waals surface area contributed by atoms with E-state index in [1.165, 1.54) is 48.9 Å². The molecule has 224 valence electrons. The molecule has 0 aliphatic carbocycles. The van der Waals surface area contributed by atoms with Crippen LogP contribution in [0.1, 0.15) is 73.3 Å². The molecule has 2 aromatic carbocycles. The van der Waals surface area contributed by atoms with Gasteiger partial charge in [-0.3, -0.25) is 9.98 Å². The summed E-state index contributed by atoms with van der Waals surface area (Å²) in [6, 6.07) is 14.8. The molecule has 41 heavy (non-hydrogen) atoms. The van der Waals surface area contributed by atoms with Crippen molar-refractivity contribution in [3.8, 4) is 11.1 Å². The van der Waals surface area contributed by atoms with Gasteiger partial charge in [-0.15, -0.1) is 6.58 Å². The van der Waals surface area contributed by atoms with Crippen LogP contribution in [0.4, 0.5) is 4.39 Å². The zero-order valence-electron chi connectivity index (χ0n) is 26.8. The summed E-state index contributed by atoms with van der Waals surface area (Å²) in [5.41, 5.74) is 6.66. The van der Waals surface area contributed by atoms with Crippen LogP contribution in [0.15, 0.2) is 82.3 Å². The van der Waals surface area contributed by atoms with Crippen LogP contribution in [0.5, 0.6) is 0 Å². The molecular weight excluding hydrogens is 507 g/mol. The van der Waals surface area contributed by atoms with E-state index < -0.39 is 0 Å². The van der Waals surface area contributed by atoms with E-state index in [1.807, 2.05) is 36.4 Å². The van der Waals surface area contributed by atoms with Crippen LogP contribution in [-0.2, 0) is 5.54 Å². The number of likely N-dealkylation sites (tertiary alicyclic amines) is 1. The van der Waals surface area contributed by atoms with Crippen LogP contribution >= 0.6 is 0 Å². The monoisotopic (exact) mass is 560 g/mol. The maximum Gasteiger partial charge on any atom is 0.131 e. The van der Waals surface area contributed by atoms with Gasteiger partial charge in [-0.25, -0.2) is 4.39 Å². The molecule has 5 heteroatoms. The summed E-state index contributed by atoms with van der Waals surface area (Å²) < 4.78 is 13.7. The maximum atomic E-state index is 13.7. The molecule has 0 bridgehead atoms. The third kappa shape index (κ3) is 10.4. The van der Waals surface area contributed by atoms with Gasteiger partial charge in [0.05, 0.1) is 25.0 Å². The molecule has 1 N–H and O–H groups in total. The smallest absolute Gasteiger partial charge is 0.131 e. The van der Waals surface area contributed by atoms with Crippen molar-refractivity contribution in [2.24, 2.45) is 21.8 Å². The molecule has 3 aliphatic rings. The van der Waals surface area contributed by atoms with Gasteiger partial charge in [-0.1, -0.05) is 89.6 Å². The van der Waals surface area contributed by atoms with Gasteiger partial charge in [0.1, 0.15) is 5.82 Å². The van der Waals surface area contributed by atoms with Gasteiger partial charge in [0, 0.05) is 17.8 Å². The Hall–Kier alpha value is -3.05. The number of benzene rings is 2. The summed E-state index contributed by atoms with van der Waals surface area (Å²) in [4.78, 5) is 11.1. The van der Waals surface area contributed by atoms with Crippen molar-refractivity contribution in [1.82, 2.24) is 10.2 Å². The fraction of sp³-hybridized carbons (Fsp3) is 0.500. The number of rotatable bonds is 5. The number of aliphatic imine (C=N–C) groups is 2. The highest BCUT2D eigenvalue weighted by molar-refractivity contribution is 6.03. The van der Waals surface area contributed by atoms with Crippen molar-refractivity contribution in [2.45, 2.75) is 73.3 Å². The Bertz CT molecular complexity index is 1160. The predicted octanol–water partition coefficient (Wildman–Crippen LogP) is 8.70. The largest absolute Gasteiger partial charge is 0.365 e. The minimum Gasteiger partial charge on any atom is -0.365 e. The Morgan fingerprint density at radius 3 is 2.24 bits per heavy atom. The maximum absolute atomic E-state index is 13.7. The number of halogens is 1.